The van der Waals surface area contributed by atoms with Crippen molar-refractivity contribution in [1.29, 1.82) is 0 Å². The number of nitro groups is 1. The summed E-state index contributed by atoms with van der Waals surface area (Å²) in [6.45, 7) is 2.13. The predicted molar refractivity (Wildman–Crippen MR) is 115 cm³/mol. The summed E-state index contributed by atoms with van der Waals surface area (Å²) in [7, 11) is 1.99. The van der Waals surface area contributed by atoms with Crippen molar-refractivity contribution in [2.75, 3.05) is 11.9 Å². The molecule has 2 unspecified atom stereocenters. The lowest BCUT2D eigenvalue weighted by Gasteiger charge is -2.47. The summed E-state index contributed by atoms with van der Waals surface area (Å²) in [5, 5.41) is 21.0. The number of phenols is 1. The van der Waals surface area contributed by atoms with Gasteiger partial charge >= 0.3 is 0 Å². The largest absolute Gasteiger partial charge is 0.508 e. The minimum atomic E-state index is -0.878. The quantitative estimate of drug-likeness (QED) is 0.491. The average molecular weight is 400 g/mol. The van der Waals surface area contributed by atoms with E-state index in [0.717, 1.165) is 16.8 Å². The smallest absolute Gasteiger partial charge is 0.270 e. The van der Waals surface area contributed by atoms with Gasteiger partial charge in [-0.25, -0.2) is 0 Å². The number of likely N-dealkylation sites (N-methyl/N-ethyl adjacent to an activating group) is 1. The molecule has 2 atom stereocenters. The van der Waals surface area contributed by atoms with Crippen LogP contribution >= 0.6 is 0 Å². The van der Waals surface area contributed by atoms with E-state index in [9.17, 15) is 15.2 Å². The Morgan fingerprint density at radius 2 is 1.80 bits per heavy atom. The van der Waals surface area contributed by atoms with E-state index < -0.39 is 16.1 Å². The molecule has 1 N–H and O–H groups in total. The van der Waals surface area contributed by atoms with Crippen LogP contribution in [-0.4, -0.2) is 22.8 Å². The van der Waals surface area contributed by atoms with Gasteiger partial charge < -0.3 is 14.7 Å². The molecule has 0 aromatic heterocycles. The molecule has 0 fully saturated rings. The molecule has 0 aliphatic carbocycles. The van der Waals surface area contributed by atoms with Crippen LogP contribution in [-0.2, 0) is 5.41 Å². The van der Waals surface area contributed by atoms with Crippen LogP contribution in [0.1, 0.15) is 23.6 Å². The van der Waals surface area contributed by atoms with Crippen molar-refractivity contribution in [3.05, 3.63) is 99.6 Å². The Kier molecular flexibility index (Phi) is 3.71. The SMILES string of the molecule is CN1c2ccccc2C(C)(c2ccc(O)cc2)C12C=Cc1cc([N+](=O)[O-])ccc1O2. The molecule has 2 heterocycles. The molecule has 0 saturated heterocycles. The maximum absolute atomic E-state index is 11.2. The van der Waals surface area contributed by atoms with Crippen LogP contribution < -0.4 is 9.64 Å². The predicted octanol–water partition coefficient (Wildman–Crippen LogP) is 4.86. The van der Waals surface area contributed by atoms with Crippen LogP contribution in [0.15, 0.2) is 72.8 Å². The Labute approximate surface area is 173 Å². The van der Waals surface area contributed by atoms with E-state index in [1.807, 2.05) is 43.5 Å². The average Bonchev–Trinajstić information content (AvgIpc) is 2.94. The standard InChI is InChI=1S/C24H20N2O4/c1-23(17-7-10-19(27)11-8-17)20-5-3-4-6-21(20)25(2)24(23)14-13-16-15-18(26(28)29)9-12-22(16)30-24/h3-15,27H,1-2H3. The summed E-state index contributed by atoms with van der Waals surface area (Å²) in [6, 6.07) is 20.0. The summed E-state index contributed by atoms with van der Waals surface area (Å²) in [6.07, 6.45) is 3.87. The second-order valence-corrected chi connectivity index (χ2v) is 7.86. The first-order valence-corrected chi connectivity index (χ1v) is 9.66. The van der Waals surface area contributed by atoms with Gasteiger partial charge in [-0.3, -0.25) is 10.1 Å². The van der Waals surface area contributed by atoms with E-state index in [1.54, 1.807) is 18.2 Å². The first-order chi connectivity index (χ1) is 14.4. The molecule has 3 aromatic carbocycles. The van der Waals surface area contributed by atoms with Crippen molar-refractivity contribution < 1.29 is 14.8 Å². The molecule has 6 nitrogen and oxygen atoms in total. The van der Waals surface area contributed by atoms with Crippen LogP contribution in [0.3, 0.4) is 0 Å². The lowest BCUT2D eigenvalue weighted by atomic mass is 9.69. The van der Waals surface area contributed by atoms with Crippen LogP contribution in [0.2, 0.25) is 0 Å². The van der Waals surface area contributed by atoms with Gasteiger partial charge in [0.15, 0.2) is 0 Å². The van der Waals surface area contributed by atoms with Crippen molar-refractivity contribution in [2.24, 2.45) is 0 Å². The van der Waals surface area contributed by atoms with Crippen molar-refractivity contribution in [2.45, 2.75) is 18.1 Å². The molecule has 0 radical (unpaired) electrons. The topological polar surface area (TPSA) is 75.8 Å². The van der Waals surface area contributed by atoms with Gasteiger partial charge in [-0.1, -0.05) is 30.3 Å². The molecular weight excluding hydrogens is 380 g/mol. The van der Waals surface area contributed by atoms with E-state index in [1.165, 1.54) is 12.1 Å². The van der Waals surface area contributed by atoms with Gasteiger partial charge in [0.1, 0.15) is 11.5 Å². The molecule has 30 heavy (non-hydrogen) atoms. The normalized spacial score (nSPS) is 23.7. The minimum Gasteiger partial charge on any atom is -0.508 e. The van der Waals surface area contributed by atoms with E-state index >= 15 is 0 Å². The molecule has 5 rings (SSSR count). The fraction of sp³-hybridized carbons (Fsp3) is 0.167. The number of hydrogen-bond donors (Lipinski definition) is 1. The maximum Gasteiger partial charge on any atom is 0.270 e. The van der Waals surface area contributed by atoms with Gasteiger partial charge in [0.25, 0.3) is 5.69 Å². The fourth-order valence-electron chi connectivity index (χ4n) is 4.78. The number of benzene rings is 3. The van der Waals surface area contributed by atoms with Gasteiger partial charge in [-0.15, -0.1) is 0 Å². The van der Waals surface area contributed by atoms with Gasteiger partial charge in [0.2, 0.25) is 5.72 Å². The van der Waals surface area contributed by atoms with Crippen molar-refractivity contribution >= 4 is 17.5 Å². The number of nitrogens with zero attached hydrogens (tertiary/aromatic N) is 2. The Morgan fingerprint density at radius 3 is 2.53 bits per heavy atom. The number of fused-ring (bicyclic) bond motifs is 2. The van der Waals surface area contributed by atoms with Gasteiger partial charge in [-0.05, 0) is 54.5 Å². The zero-order chi connectivity index (χ0) is 21.1. The van der Waals surface area contributed by atoms with Crippen molar-refractivity contribution in [3.8, 4) is 11.5 Å². The number of aromatic hydroxyl groups is 1. The summed E-state index contributed by atoms with van der Waals surface area (Å²) in [5.74, 6) is 0.793. The first kappa shape index (κ1) is 18.2. The second kappa shape index (κ2) is 6.10. The van der Waals surface area contributed by atoms with Gasteiger partial charge in [0.05, 0.1) is 10.3 Å². The number of rotatable bonds is 2. The van der Waals surface area contributed by atoms with Crippen LogP contribution in [0.25, 0.3) is 6.08 Å². The van der Waals surface area contributed by atoms with Crippen molar-refractivity contribution in [3.63, 3.8) is 0 Å². The molecule has 0 bridgehead atoms. The molecule has 2 aliphatic heterocycles. The number of non-ortho nitro benzene ring substituents is 1. The third-order valence-electron chi connectivity index (χ3n) is 6.42. The lowest BCUT2D eigenvalue weighted by Crippen LogP contribution is -2.59. The molecular formula is C24H20N2O4. The third-order valence-corrected chi connectivity index (χ3v) is 6.42. The number of anilines is 1. The molecule has 0 saturated carbocycles. The Balaban J connectivity index is 1.73. The highest BCUT2D eigenvalue weighted by molar-refractivity contribution is 5.75. The number of para-hydroxylation sites is 1. The number of ether oxygens (including phenoxy) is 1. The highest BCUT2D eigenvalue weighted by Crippen LogP contribution is 2.57. The zero-order valence-electron chi connectivity index (χ0n) is 16.6. The zero-order valence-corrected chi connectivity index (χ0v) is 16.6. The lowest BCUT2D eigenvalue weighted by molar-refractivity contribution is -0.384. The third kappa shape index (κ3) is 2.24. The minimum absolute atomic E-state index is 0.0299. The molecule has 1 spiro atoms. The summed E-state index contributed by atoms with van der Waals surface area (Å²) >= 11 is 0. The maximum atomic E-state index is 11.2. The summed E-state index contributed by atoms with van der Waals surface area (Å²) < 4.78 is 6.66. The van der Waals surface area contributed by atoms with E-state index in [4.69, 9.17) is 4.74 Å². The molecule has 6 heteroatoms. The summed E-state index contributed by atoms with van der Waals surface area (Å²) in [4.78, 5) is 12.9. The van der Waals surface area contributed by atoms with Crippen LogP contribution in [0.5, 0.6) is 11.5 Å². The van der Waals surface area contributed by atoms with E-state index in [0.29, 0.717) is 11.3 Å². The highest BCUT2D eigenvalue weighted by Gasteiger charge is 2.61. The molecule has 0 amide bonds. The van der Waals surface area contributed by atoms with Crippen molar-refractivity contribution in [1.82, 2.24) is 0 Å². The monoisotopic (exact) mass is 400 g/mol. The Bertz CT molecular complexity index is 1200. The summed E-state index contributed by atoms with van der Waals surface area (Å²) in [5.41, 5.74) is 2.37. The molecule has 150 valence electrons. The second-order valence-electron chi connectivity index (χ2n) is 7.86. The number of hydrogen-bond acceptors (Lipinski definition) is 5. The van der Waals surface area contributed by atoms with E-state index in [2.05, 4.69) is 24.0 Å². The van der Waals surface area contributed by atoms with E-state index in [-0.39, 0.29) is 11.4 Å². The van der Waals surface area contributed by atoms with Gasteiger partial charge in [-0.2, -0.15) is 0 Å². The van der Waals surface area contributed by atoms with Gasteiger partial charge in [0, 0.05) is 30.4 Å². The molecule has 2 aliphatic rings. The number of phenolic OH excluding ortho intramolecular Hbond substituents is 1. The Morgan fingerprint density at radius 1 is 1.07 bits per heavy atom. The van der Waals surface area contributed by atoms with Crippen LogP contribution in [0.4, 0.5) is 11.4 Å². The van der Waals surface area contributed by atoms with Crippen LogP contribution in [0, 0.1) is 10.1 Å². The molecule has 3 aromatic rings. The fourth-order valence-corrected chi connectivity index (χ4v) is 4.78. The number of nitro benzene ring substituents is 1. The highest BCUT2D eigenvalue weighted by atomic mass is 16.6. The Hall–Kier alpha value is -3.80. The first-order valence-electron chi connectivity index (χ1n) is 9.66.